The molecule has 1 heterocycles. The predicted molar refractivity (Wildman–Crippen MR) is 102 cm³/mol. The number of anilines is 1. The molecule has 2 aromatic rings. The van der Waals surface area contributed by atoms with Gasteiger partial charge in [0.05, 0.1) is 12.2 Å². The molecule has 0 aliphatic rings. The van der Waals surface area contributed by atoms with Gasteiger partial charge in [0.2, 0.25) is 0 Å². The van der Waals surface area contributed by atoms with E-state index in [4.69, 9.17) is 4.74 Å². The molecule has 6 heteroatoms. The molecule has 0 radical (unpaired) electrons. The first-order valence-corrected chi connectivity index (χ1v) is 9.20. The number of hydrogen-bond donors (Lipinski definition) is 1. The van der Waals surface area contributed by atoms with Crippen LogP contribution >= 0.6 is 15.9 Å². The molecule has 134 valence electrons. The Balaban J connectivity index is 2.08. The Kier molecular flexibility index (Phi) is 7.25. The molecule has 0 aliphatic carbocycles. The van der Waals surface area contributed by atoms with Crippen LogP contribution in [0.3, 0.4) is 0 Å². The van der Waals surface area contributed by atoms with Gasteiger partial charge in [-0.25, -0.2) is 9.78 Å². The highest BCUT2D eigenvalue weighted by molar-refractivity contribution is 9.10. The summed E-state index contributed by atoms with van der Waals surface area (Å²) in [5.74, 6) is 0.643. The summed E-state index contributed by atoms with van der Waals surface area (Å²) in [5.41, 5.74) is 1.25. The molecule has 1 N–H and O–H groups in total. The van der Waals surface area contributed by atoms with Crippen LogP contribution in [0, 0.1) is 0 Å². The number of rotatable bonds is 8. The minimum atomic E-state index is -0.347. The SMILES string of the molecule is CCCCOC(=O)c1ccc(N(CC)Cc2cc(Br)ccc2O)nc1. The maximum Gasteiger partial charge on any atom is 0.339 e. The molecular formula is C19H23BrN2O3. The Hall–Kier alpha value is -2.08. The smallest absolute Gasteiger partial charge is 0.339 e. The van der Waals surface area contributed by atoms with Gasteiger partial charge in [-0.2, -0.15) is 0 Å². The number of benzene rings is 1. The molecule has 0 amide bonds. The summed E-state index contributed by atoms with van der Waals surface area (Å²) in [6.07, 6.45) is 3.38. The molecule has 2 rings (SSSR count). The van der Waals surface area contributed by atoms with Crippen LogP contribution in [0.2, 0.25) is 0 Å². The van der Waals surface area contributed by atoms with E-state index >= 15 is 0 Å². The van der Waals surface area contributed by atoms with Crippen molar-refractivity contribution in [2.75, 3.05) is 18.1 Å². The van der Waals surface area contributed by atoms with Gasteiger partial charge in [0.1, 0.15) is 11.6 Å². The van der Waals surface area contributed by atoms with Crippen LogP contribution in [0.15, 0.2) is 41.0 Å². The van der Waals surface area contributed by atoms with Gasteiger partial charge in [0.25, 0.3) is 0 Å². The zero-order valence-corrected chi connectivity index (χ0v) is 16.1. The van der Waals surface area contributed by atoms with Crippen molar-refractivity contribution in [2.45, 2.75) is 33.2 Å². The molecule has 25 heavy (non-hydrogen) atoms. The average Bonchev–Trinajstić information content (AvgIpc) is 2.62. The zero-order chi connectivity index (χ0) is 18.2. The third-order valence-corrected chi connectivity index (χ3v) is 4.32. The number of carbonyl (C=O) groups excluding carboxylic acids is 1. The summed E-state index contributed by atoms with van der Waals surface area (Å²) in [5, 5.41) is 10.0. The number of hydrogen-bond acceptors (Lipinski definition) is 5. The number of ether oxygens (including phenoxy) is 1. The van der Waals surface area contributed by atoms with E-state index in [1.807, 2.05) is 24.8 Å². The number of aromatic hydroxyl groups is 1. The van der Waals surface area contributed by atoms with Crippen molar-refractivity contribution in [3.05, 3.63) is 52.1 Å². The number of pyridine rings is 1. The van der Waals surface area contributed by atoms with E-state index in [2.05, 4.69) is 20.9 Å². The summed E-state index contributed by atoms with van der Waals surface area (Å²) in [7, 11) is 0. The van der Waals surface area contributed by atoms with Crippen molar-refractivity contribution in [2.24, 2.45) is 0 Å². The third-order valence-electron chi connectivity index (χ3n) is 3.82. The summed E-state index contributed by atoms with van der Waals surface area (Å²) < 4.78 is 6.10. The number of aromatic nitrogens is 1. The molecule has 0 saturated heterocycles. The first kappa shape index (κ1) is 19.2. The minimum absolute atomic E-state index is 0.248. The summed E-state index contributed by atoms with van der Waals surface area (Å²) in [6, 6.07) is 8.87. The van der Waals surface area contributed by atoms with Crippen molar-refractivity contribution in [1.29, 1.82) is 0 Å². The number of phenolic OH excluding ortho intramolecular Hbond substituents is 1. The lowest BCUT2D eigenvalue weighted by atomic mass is 10.2. The molecule has 0 atom stereocenters. The van der Waals surface area contributed by atoms with Gasteiger partial charge in [-0.3, -0.25) is 0 Å². The van der Waals surface area contributed by atoms with Crippen LogP contribution < -0.4 is 4.90 Å². The van der Waals surface area contributed by atoms with Gasteiger partial charge in [0.15, 0.2) is 0 Å². The topological polar surface area (TPSA) is 62.7 Å². The number of esters is 1. The van der Waals surface area contributed by atoms with Crippen LogP contribution in [0.1, 0.15) is 42.6 Å². The quantitative estimate of drug-likeness (QED) is 0.515. The van der Waals surface area contributed by atoms with Gasteiger partial charge >= 0.3 is 5.97 Å². The van der Waals surface area contributed by atoms with E-state index in [1.54, 1.807) is 24.3 Å². The minimum Gasteiger partial charge on any atom is -0.508 e. The normalized spacial score (nSPS) is 10.5. The van der Waals surface area contributed by atoms with E-state index in [-0.39, 0.29) is 11.7 Å². The van der Waals surface area contributed by atoms with Crippen molar-refractivity contribution < 1.29 is 14.6 Å². The zero-order valence-electron chi connectivity index (χ0n) is 14.5. The first-order valence-electron chi connectivity index (χ1n) is 8.40. The maximum atomic E-state index is 11.9. The van der Waals surface area contributed by atoms with Crippen LogP contribution in [0.4, 0.5) is 5.82 Å². The summed E-state index contributed by atoms with van der Waals surface area (Å²) in [4.78, 5) is 18.3. The van der Waals surface area contributed by atoms with Gasteiger partial charge in [-0.15, -0.1) is 0 Å². The van der Waals surface area contributed by atoms with Crippen LogP contribution in [0.5, 0.6) is 5.75 Å². The van der Waals surface area contributed by atoms with Gasteiger partial charge in [-0.1, -0.05) is 29.3 Å². The van der Waals surface area contributed by atoms with Gasteiger partial charge < -0.3 is 14.7 Å². The van der Waals surface area contributed by atoms with Crippen molar-refractivity contribution >= 4 is 27.7 Å². The molecule has 0 spiro atoms. The van der Waals surface area contributed by atoms with Crippen LogP contribution in [0.25, 0.3) is 0 Å². The second-order valence-corrected chi connectivity index (χ2v) is 6.60. The monoisotopic (exact) mass is 406 g/mol. The first-order chi connectivity index (χ1) is 12.0. The second kappa shape index (κ2) is 9.42. The summed E-state index contributed by atoms with van der Waals surface area (Å²) in [6.45, 7) is 5.74. The van der Waals surface area contributed by atoms with E-state index < -0.39 is 0 Å². The highest BCUT2D eigenvalue weighted by Gasteiger charge is 2.12. The molecule has 1 aromatic carbocycles. The fourth-order valence-electron chi connectivity index (χ4n) is 2.33. The number of carbonyl (C=O) groups is 1. The predicted octanol–water partition coefficient (Wildman–Crippen LogP) is 4.53. The lowest BCUT2D eigenvalue weighted by Gasteiger charge is -2.22. The van der Waals surface area contributed by atoms with E-state index in [0.29, 0.717) is 18.7 Å². The Morgan fingerprint density at radius 2 is 2.08 bits per heavy atom. The maximum absolute atomic E-state index is 11.9. The number of nitrogens with zero attached hydrogens (tertiary/aromatic N) is 2. The fourth-order valence-corrected chi connectivity index (χ4v) is 2.74. The highest BCUT2D eigenvalue weighted by atomic mass is 79.9. The lowest BCUT2D eigenvalue weighted by Crippen LogP contribution is -2.23. The molecule has 0 unspecified atom stereocenters. The molecular weight excluding hydrogens is 384 g/mol. The third kappa shape index (κ3) is 5.46. The molecule has 0 aliphatic heterocycles. The average molecular weight is 407 g/mol. The molecule has 0 fully saturated rings. The Morgan fingerprint density at radius 1 is 1.28 bits per heavy atom. The fraction of sp³-hybridized carbons (Fsp3) is 0.368. The van der Waals surface area contributed by atoms with E-state index in [1.165, 1.54) is 6.20 Å². The number of unbranched alkanes of at least 4 members (excludes halogenated alkanes) is 1. The van der Waals surface area contributed by atoms with Crippen molar-refractivity contribution in [3.63, 3.8) is 0 Å². The van der Waals surface area contributed by atoms with E-state index in [0.717, 1.165) is 35.2 Å². The largest absolute Gasteiger partial charge is 0.508 e. The van der Waals surface area contributed by atoms with E-state index in [9.17, 15) is 9.90 Å². The van der Waals surface area contributed by atoms with Crippen LogP contribution in [-0.4, -0.2) is 29.2 Å². The summed E-state index contributed by atoms with van der Waals surface area (Å²) >= 11 is 3.42. The Morgan fingerprint density at radius 3 is 2.72 bits per heavy atom. The van der Waals surface area contributed by atoms with Gasteiger partial charge in [-0.05, 0) is 43.7 Å². The molecule has 1 aromatic heterocycles. The number of phenols is 1. The molecule has 0 saturated carbocycles. The van der Waals surface area contributed by atoms with Crippen LogP contribution in [-0.2, 0) is 11.3 Å². The molecule has 0 bridgehead atoms. The van der Waals surface area contributed by atoms with Crippen molar-refractivity contribution in [1.82, 2.24) is 4.98 Å². The highest BCUT2D eigenvalue weighted by Crippen LogP contribution is 2.25. The molecule has 5 nitrogen and oxygen atoms in total. The van der Waals surface area contributed by atoms with Gasteiger partial charge in [0, 0.05) is 29.3 Å². The standard InChI is InChI=1S/C19H23BrN2O3/c1-3-5-10-25-19(24)14-6-9-18(21-12-14)22(4-2)13-15-11-16(20)7-8-17(15)23/h6-9,11-12,23H,3-5,10,13H2,1-2H3. The Labute approximate surface area is 156 Å². The van der Waals surface area contributed by atoms with Crippen molar-refractivity contribution in [3.8, 4) is 5.75 Å². The number of halogens is 1. The Bertz CT molecular complexity index is 704. The lowest BCUT2D eigenvalue weighted by molar-refractivity contribution is 0.0499. The second-order valence-electron chi connectivity index (χ2n) is 5.68.